The van der Waals surface area contributed by atoms with Crippen molar-refractivity contribution in [2.75, 3.05) is 0 Å². The minimum Gasteiger partial charge on any atom is -0.515 e. The predicted octanol–water partition coefficient (Wildman–Crippen LogP) is 11.0. The van der Waals surface area contributed by atoms with E-state index in [1.807, 2.05) is 48.5 Å². The molecule has 0 saturated carbocycles. The van der Waals surface area contributed by atoms with Crippen molar-refractivity contribution in [1.29, 1.82) is 0 Å². The maximum absolute atomic E-state index is 11.2. The van der Waals surface area contributed by atoms with Gasteiger partial charge in [0.2, 0.25) is 0 Å². The van der Waals surface area contributed by atoms with Crippen LogP contribution < -0.4 is 5.19 Å². The second kappa shape index (κ2) is 11.8. The van der Waals surface area contributed by atoms with Crippen LogP contribution in [0.15, 0.2) is 101 Å². The summed E-state index contributed by atoms with van der Waals surface area (Å²) in [5, 5.41) is 14.6. The number of hydrogen-bond acceptors (Lipinski definition) is 5. The summed E-state index contributed by atoms with van der Waals surface area (Å²) in [4.78, 5) is 11.5. The zero-order chi connectivity index (χ0) is 32.7. The molecule has 0 saturated heterocycles. The third-order valence-corrected chi connectivity index (χ3v) is 12.1. The van der Waals surface area contributed by atoms with Gasteiger partial charge in [0.25, 0.3) is 0 Å². The summed E-state index contributed by atoms with van der Waals surface area (Å²) in [6.07, 6.45) is 0. The number of thiophene rings is 1. The Hall–Kier alpha value is -4.09. The first-order valence-corrected chi connectivity index (χ1v) is 20.3. The summed E-state index contributed by atoms with van der Waals surface area (Å²) in [6.45, 7) is 13.6. The molecule has 0 unspecified atom stereocenters. The van der Waals surface area contributed by atoms with Crippen molar-refractivity contribution in [1.82, 2.24) is 9.97 Å². The molecule has 7 heteroatoms. The van der Waals surface area contributed by atoms with Crippen molar-refractivity contribution < 1.29 is 30.6 Å². The summed E-state index contributed by atoms with van der Waals surface area (Å²) in [6, 6.07) is 36.8. The third-order valence-electron chi connectivity index (χ3n) is 8.97. The molecule has 0 aliphatic carbocycles. The molecule has 0 amide bonds. The molecule has 0 spiro atoms. The molecule has 0 radical (unpaired) electrons. The van der Waals surface area contributed by atoms with E-state index in [-0.39, 0.29) is 32.2 Å². The molecule has 0 bridgehead atoms. The Balaban J connectivity index is 0.00000364. The fourth-order valence-corrected chi connectivity index (χ4v) is 8.78. The van der Waals surface area contributed by atoms with E-state index in [0.717, 1.165) is 71.7 Å². The van der Waals surface area contributed by atoms with Gasteiger partial charge >= 0.3 is 0 Å². The Bertz CT molecular complexity index is 2390. The Morgan fingerprint density at radius 2 is 1.48 bits per heavy atom. The fourth-order valence-electron chi connectivity index (χ4n) is 6.51. The molecule has 48 heavy (non-hydrogen) atoms. The van der Waals surface area contributed by atoms with Crippen LogP contribution in [0.5, 0.6) is 5.75 Å². The van der Waals surface area contributed by atoms with Crippen LogP contribution in [0.3, 0.4) is 0 Å². The number of benzene rings is 4. The van der Waals surface area contributed by atoms with Crippen LogP contribution in [-0.2, 0) is 26.5 Å². The van der Waals surface area contributed by atoms with Crippen molar-refractivity contribution in [3.8, 4) is 50.6 Å². The van der Waals surface area contributed by atoms with Crippen molar-refractivity contribution in [2.24, 2.45) is 0 Å². The van der Waals surface area contributed by atoms with Gasteiger partial charge in [-0.2, -0.15) is 0 Å². The summed E-state index contributed by atoms with van der Waals surface area (Å²) in [5.41, 5.74) is 9.68. The second-order valence-electron chi connectivity index (χ2n) is 14.4. The van der Waals surface area contributed by atoms with Crippen LogP contribution in [-0.4, -0.2) is 23.1 Å². The van der Waals surface area contributed by atoms with Gasteiger partial charge < -0.3 is 9.52 Å². The average molecular weight is 843 g/mol. The van der Waals surface area contributed by atoms with E-state index in [1.54, 1.807) is 11.3 Å². The molecule has 0 aliphatic heterocycles. The van der Waals surface area contributed by atoms with Crippen LogP contribution in [0.1, 0.15) is 26.3 Å². The first kappa shape index (κ1) is 32.5. The number of hydrogen-bond donors (Lipinski definition) is 1. The number of phenols is 1. The predicted molar refractivity (Wildman–Crippen MR) is 200 cm³/mol. The standard InChI is InChI=1S/C41H35N2O2SSi.Pt/c1-41(2,3)29-22-30(31-23-34-38-37-33(45-34)16-11-17-35(37)46-40(38)43-31)42-39(36(29)24-12-8-7-9-13-24)26-15-10-14-25(20-26)28-19-18-27(21-32(28)44)47(4,5)6;/h7-19,21-23,44H,1-6H3;/q-1;. The minimum atomic E-state index is -1.58. The largest absolute Gasteiger partial charge is 0.515 e. The molecule has 4 aromatic heterocycles. The van der Waals surface area contributed by atoms with Crippen molar-refractivity contribution in [2.45, 2.75) is 45.8 Å². The van der Waals surface area contributed by atoms with Gasteiger partial charge in [-0.25, -0.2) is 4.98 Å². The molecule has 0 aliphatic rings. The molecular weight excluding hydrogens is 808 g/mol. The molecule has 1 N–H and O–H groups in total. The average Bonchev–Trinajstić information content (AvgIpc) is 3.63. The molecule has 242 valence electrons. The molecule has 8 aromatic rings. The number of aromatic nitrogens is 2. The molecule has 8 rings (SSSR count). The molecule has 4 aromatic carbocycles. The summed E-state index contributed by atoms with van der Waals surface area (Å²) in [5.74, 6) is 0.278. The number of nitrogens with zero attached hydrogens (tertiary/aromatic N) is 2. The Morgan fingerprint density at radius 1 is 0.750 bits per heavy atom. The fraction of sp³-hybridized carbons (Fsp3) is 0.171. The van der Waals surface area contributed by atoms with Crippen LogP contribution in [0.2, 0.25) is 19.6 Å². The van der Waals surface area contributed by atoms with E-state index >= 15 is 0 Å². The Labute approximate surface area is 300 Å². The van der Waals surface area contributed by atoms with Crippen LogP contribution >= 0.6 is 11.3 Å². The Morgan fingerprint density at radius 3 is 2.21 bits per heavy atom. The summed E-state index contributed by atoms with van der Waals surface area (Å²) < 4.78 is 7.52. The van der Waals surface area contributed by atoms with Crippen molar-refractivity contribution in [3.05, 3.63) is 109 Å². The smallest absolute Gasteiger partial charge is 0.140 e. The quantitative estimate of drug-likeness (QED) is 0.139. The van der Waals surface area contributed by atoms with Gasteiger partial charge in [-0.1, -0.05) is 99.7 Å². The van der Waals surface area contributed by atoms with E-state index in [1.165, 1.54) is 15.5 Å². The van der Waals surface area contributed by atoms with Crippen molar-refractivity contribution in [3.63, 3.8) is 0 Å². The zero-order valence-corrected chi connectivity index (χ0v) is 31.8. The summed E-state index contributed by atoms with van der Waals surface area (Å²) in [7, 11) is -1.58. The van der Waals surface area contributed by atoms with Crippen LogP contribution in [0.25, 0.3) is 76.4 Å². The van der Waals surface area contributed by atoms with Gasteiger partial charge in [0.15, 0.2) is 0 Å². The van der Waals surface area contributed by atoms with E-state index in [0.29, 0.717) is 0 Å². The normalized spacial score (nSPS) is 12.3. The molecule has 4 nitrogen and oxygen atoms in total. The van der Waals surface area contributed by atoms with Gasteiger partial charge in [0.05, 0.1) is 30.6 Å². The molecular formula is C41H35N2O2PtSSi-. The maximum atomic E-state index is 11.2. The van der Waals surface area contributed by atoms with E-state index in [9.17, 15) is 5.11 Å². The van der Waals surface area contributed by atoms with Gasteiger partial charge in [-0.15, -0.1) is 41.2 Å². The number of rotatable bonds is 5. The van der Waals surface area contributed by atoms with Crippen LogP contribution in [0, 0.1) is 6.07 Å². The first-order valence-electron chi connectivity index (χ1n) is 16.0. The first-order chi connectivity index (χ1) is 22.5. The van der Waals surface area contributed by atoms with Crippen molar-refractivity contribution >= 4 is 56.1 Å². The second-order valence-corrected chi connectivity index (χ2v) is 20.5. The number of aromatic hydroxyl groups is 1. The van der Waals surface area contributed by atoms with E-state index in [2.05, 4.69) is 95.0 Å². The monoisotopic (exact) mass is 842 g/mol. The van der Waals surface area contributed by atoms with E-state index in [4.69, 9.17) is 14.4 Å². The maximum Gasteiger partial charge on any atom is 0.140 e. The Kier molecular flexibility index (Phi) is 7.98. The summed E-state index contributed by atoms with van der Waals surface area (Å²) >= 11 is 1.69. The van der Waals surface area contributed by atoms with Crippen LogP contribution in [0.4, 0.5) is 0 Å². The van der Waals surface area contributed by atoms with E-state index < -0.39 is 8.07 Å². The minimum absolute atomic E-state index is 0. The topological polar surface area (TPSA) is 59.2 Å². The third kappa shape index (κ3) is 5.50. The van der Waals surface area contributed by atoms with Gasteiger partial charge in [0.1, 0.15) is 16.0 Å². The molecule has 0 fully saturated rings. The molecule has 4 heterocycles. The van der Waals surface area contributed by atoms with Gasteiger partial charge in [0, 0.05) is 42.9 Å². The number of furan rings is 1. The SMILES string of the molecule is CC(C)(C)c1cc(-c2cc3oc4cccc5sc(n2)c3c45)nc(-c2[c-]c(-c3ccc([Si](C)(C)C)cc3O)ccc2)c1-c1ccccc1.[Pt]. The number of phenolic OH excluding ortho intramolecular Hbond substituents is 1. The van der Waals surface area contributed by atoms with Gasteiger partial charge in [-0.05, 0) is 51.9 Å². The zero-order valence-electron chi connectivity index (χ0n) is 27.7. The molecule has 0 atom stereocenters. The van der Waals surface area contributed by atoms with Gasteiger partial charge in [-0.3, -0.25) is 4.98 Å². The number of pyridine rings is 2.